The molecule has 1 heterocycles. The van der Waals surface area contributed by atoms with Gasteiger partial charge in [-0.15, -0.1) is 0 Å². The molecule has 0 atom stereocenters. The van der Waals surface area contributed by atoms with Gasteiger partial charge < -0.3 is 20.2 Å². The number of likely N-dealkylation sites (N-methyl/N-ethyl adjacent to an activating group) is 1. The van der Waals surface area contributed by atoms with Crippen LogP contribution in [0, 0.1) is 0 Å². The largest absolute Gasteiger partial charge is 0.395 e. The molecule has 0 saturated heterocycles. The Kier molecular flexibility index (Phi) is 4.72. The molecule has 0 unspecified atom stereocenters. The Hall–Kier alpha value is -2.63. The summed E-state index contributed by atoms with van der Waals surface area (Å²) in [7, 11) is 4.05. The molecule has 0 spiro atoms. The number of hydrogen-bond acceptors (Lipinski definition) is 4. The van der Waals surface area contributed by atoms with Crippen LogP contribution in [-0.4, -0.2) is 61.2 Å². The van der Waals surface area contributed by atoms with Crippen molar-refractivity contribution in [1.82, 2.24) is 9.80 Å². The Morgan fingerprint density at radius 3 is 2.74 bits per heavy atom. The number of rotatable bonds is 6. The summed E-state index contributed by atoms with van der Waals surface area (Å²) in [5.41, 5.74) is 2.94. The van der Waals surface area contributed by atoms with Crippen LogP contribution in [0.4, 0.5) is 5.69 Å². The molecule has 4 rings (SSSR count). The third kappa shape index (κ3) is 3.13. The number of anilines is 1. The molecular formula is C22H25N3O2. The van der Waals surface area contributed by atoms with Gasteiger partial charge in [-0.3, -0.25) is 4.79 Å². The van der Waals surface area contributed by atoms with E-state index < -0.39 is 0 Å². The molecule has 5 nitrogen and oxygen atoms in total. The molecule has 27 heavy (non-hydrogen) atoms. The first-order valence-electron chi connectivity index (χ1n) is 9.36. The summed E-state index contributed by atoms with van der Waals surface area (Å²) in [5.74, 6) is 0.0957. The van der Waals surface area contributed by atoms with E-state index in [1.807, 2.05) is 37.2 Å². The van der Waals surface area contributed by atoms with Crippen molar-refractivity contribution in [3.63, 3.8) is 0 Å². The van der Waals surface area contributed by atoms with Crippen molar-refractivity contribution in [1.29, 1.82) is 0 Å². The third-order valence-electron chi connectivity index (χ3n) is 5.24. The van der Waals surface area contributed by atoms with Crippen LogP contribution in [-0.2, 0) is 6.54 Å². The maximum absolute atomic E-state index is 13.1. The van der Waals surface area contributed by atoms with Crippen molar-refractivity contribution < 1.29 is 9.90 Å². The van der Waals surface area contributed by atoms with Crippen LogP contribution < -0.4 is 5.32 Å². The molecule has 0 radical (unpaired) electrons. The Morgan fingerprint density at radius 1 is 1.15 bits per heavy atom. The third-order valence-corrected chi connectivity index (χ3v) is 5.24. The second-order valence-corrected chi connectivity index (χ2v) is 7.34. The molecule has 2 N–H and O–H groups in total. The van der Waals surface area contributed by atoms with E-state index in [4.69, 9.17) is 0 Å². The molecule has 3 aromatic rings. The first-order valence-corrected chi connectivity index (χ1v) is 9.36. The fourth-order valence-electron chi connectivity index (χ4n) is 3.90. The summed E-state index contributed by atoms with van der Waals surface area (Å²) in [6.45, 7) is 2.73. The maximum atomic E-state index is 13.1. The van der Waals surface area contributed by atoms with E-state index >= 15 is 0 Å². The molecule has 0 saturated carbocycles. The molecule has 1 aliphatic heterocycles. The van der Waals surface area contributed by atoms with Crippen molar-refractivity contribution in [2.75, 3.05) is 45.7 Å². The second-order valence-electron chi connectivity index (χ2n) is 7.34. The predicted molar refractivity (Wildman–Crippen MR) is 110 cm³/mol. The summed E-state index contributed by atoms with van der Waals surface area (Å²) >= 11 is 0. The summed E-state index contributed by atoms with van der Waals surface area (Å²) in [6.07, 6.45) is 0. The van der Waals surface area contributed by atoms with Gasteiger partial charge in [0.1, 0.15) is 0 Å². The molecule has 0 fully saturated rings. The number of nitrogens with zero attached hydrogens (tertiary/aromatic N) is 2. The van der Waals surface area contributed by atoms with E-state index in [0.717, 1.165) is 28.6 Å². The van der Waals surface area contributed by atoms with Crippen molar-refractivity contribution in [3.05, 3.63) is 53.6 Å². The number of aliphatic hydroxyl groups is 1. The van der Waals surface area contributed by atoms with Gasteiger partial charge >= 0.3 is 0 Å². The molecule has 3 aromatic carbocycles. The summed E-state index contributed by atoms with van der Waals surface area (Å²) in [6, 6.07) is 14.4. The highest BCUT2D eigenvalue weighted by Crippen LogP contribution is 2.38. The molecule has 0 aliphatic carbocycles. The highest BCUT2D eigenvalue weighted by molar-refractivity contribution is 6.17. The molecule has 5 heteroatoms. The lowest BCUT2D eigenvalue weighted by atomic mass is 9.89. The van der Waals surface area contributed by atoms with E-state index in [1.54, 1.807) is 0 Å². The fourth-order valence-corrected chi connectivity index (χ4v) is 3.90. The maximum Gasteiger partial charge on any atom is 0.254 e. The van der Waals surface area contributed by atoms with Gasteiger partial charge in [0.15, 0.2) is 0 Å². The summed E-state index contributed by atoms with van der Waals surface area (Å²) < 4.78 is 0. The monoisotopic (exact) mass is 363 g/mol. The molecular weight excluding hydrogens is 338 g/mol. The second kappa shape index (κ2) is 7.18. The van der Waals surface area contributed by atoms with Crippen molar-refractivity contribution in [2.45, 2.75) is 6.54 Å². The van der Waals surface area contributed by atoms with E-state index in [0.29, 0.717) is 19.6 Å². The first kappa shape index (κ1) is 17.8. The average molecular weight is 363 g/mol. The number of fused-ring (bicyclic) bond motifs is 2. The number of carbonyl (C=O) groups is 1. The van der Waals surface area contributed by atoms with Crippen LogP contribution in [0.3, 0.4) is 0 Å². The van der Waals surface area contributed by atoms with Gasteiger partial charge in [-0.2, -0.15) is 0 Å². The lowest BCUT2D eigenvalue weighted by Gasteiger charge is -2.31. The van der Waals surface area contributed by atoms with Gasteiger partial charge in [0.25, 0.3) is 5.91 Å². The lowest BCUT2D eigenvalue weighted by molar-refractivity contribution is 0.0727. The topological polar surface area (TPSA) is 55.8 Å². The highest BCUT2D eigenvalue weighted by Gasteiger charge is 2.28. The predicted octanol–water partition coefficient (Wildman–Crippen LogP) is 2.91. The number of amides is 1. The number of nitrogens with one attached hydrogen (secondary N) is 1. The molecule has 140 valence electrons. The van der Waals surface area contributed by atoms with Crippen LogP contribution >= 0.6 is 0 Å². The van der Waals surface area contributed by atoms with E-state index in [2.05, 4.69) is 34.5 Å². The lowest BCUT2D eigenvalue weighted by Crippen LogP contribution is -2.38. The number of aliphatic hydroxyl groups excluding tert-OH is 1. The van der Waals surface area contributed by atoms with Crippen LogP contribution in [0.25, 0.3) is 21.5 Å². The molecule has 1 aliphatic rings. The molecule has 0 aromatic heterocycles. The number of hydrogen-bond donors (Lipinski definition) is 2. The quantitative estimate of drug-likeness (QED) is 0.661. The Morgan fingerprint density at radius 2 is 1.96 bits per heavy atom. The first-order chi connectivity index (χ1) is 13.1. The Bertz CT molecular complexity index is 1010. The van der Waals surface area contributed by atoms with E-state index in [-0.39, 0.29) is 12.5 Å². The van der Waals surface area contributed by atoms with Gasteiger partial charge in [-0.25, -0.2) is 0 Å². The normalized spacial score (nSPS) is 13.8. The van der Waals surface area contributed by atoms with Gasteiger partial charge in [-0.1, -0.05) is 24.3 Å². The summed E-state index contributed by atoms with van der Waals surface area (Å²) in [4.78, 5) is 17.2. The Labute approximate surface area is 159 Å². The number of benzene rings is 3. The van der Waals surface area contributed by atoms with Crippen LogP contribution in [0.2, 0.25) is 0 Å². The minimum absolute atomic E-state index is 0.0704. The standard InChI is InChI=1S/C22H25N3O2/c1-24(2)10-11-25-14-19-16-6-4-3-5-15(16)13-18-20(23-9-12-26)8-7-17(21(18)19)22(25)27/h3-8,13,23,26H,9-12,14H2,1-2H3. The summed E-state index contributed by atoms with van der Waals surface area (Å²) in [5, 5.41) is 16.9. The van der Waals surface area contributed by atoms with Crippen LogP contribution in [0.1, 0.15) is 15.9 Å². The van der Waals surface area contributed by atoms with Crippen LogP contribution in [0.15, 0.2) is 42.5 Å². The average Bonchev–Trinajstić information content (AvgIpc) is 2.67. The molecule has 1 amide bonds. The zero-order valence-electron chi connectivity index (χ0n) is 15.8. The minimum atomic E-state index is 0.0704. The van der Waals surface area contributed by atoms with Crippen molar-refractivity contribution in [2.24, 2.45) is 0 Å². The molecule has 0 bridgehead atoms. The number of carbonyl (C=O) groups excluding carboxylic acids is 1. The van der Waals surface area contributed by atoms with Crippen LogP contribution in [0.5, 0.6) is 0 Å². The van der Waals surface area contributed by atoms with Gasteiger partial charge in [0.05, 0.1) is 6.61 Å². The zero-order valence-corrected chi connectivity index (χ0v) is 15.8. The van der Waals surface area contributed by atoms with Crippen molar-refractivity contribution >= 4 is 33.1 Å². The van der Waals surface area contributed by atoms with Gasteiger partial charge in [-0.05, 0) is 48.6 Å². The zero-order chi connectivity index (χ0) is 19.0. The van der Waals surface area contributed by atoms with Gasteiger partial charge in [0.2, 0.25) is 0 Å². The highest BCUT2D eigenvalue weighted by atomic mass is 16.3. The smallest absolute Gasteiger partial charge is 0.254 e. The van der Waals surface area contributed by atoms with Crippen molar-refractivity contribution in [3.8, 4) is 0 Å². The SMILES string of the molecule is CN(C)CCN1Cc2c3ccccc3cc3c(NCCO)ccc(c23)C1=O. The van der Waals surface area contributed by atoms with E-state index in [1.165, 1.54) is 16.3 Å². The van der Waals surface area contributed by atoms with Gasteiger partial charge in [0, 0.05) is 48.2 Å². The fraction of sp³-hybridized carbons (Fsp3) is 0.318. The van der Waals surface area contributed by atoms with E-state index in [9.17, 15) is 9.90 Å². The minimum Gasteiger partial charge on any atom is -0.395 e. The Balaban J connectivity index is 1.92.